The molecule has 2 aromatic rings. The number of allylic oxidation sites excluding steroid dienone is 2. The standard InChI is InChI=1S/C40H54O5/c1-28-22-33-37(4)20-19-34(44-25-30-16-12-9-13-17-30)36(2,3)32(37)18-21-38(33,5)40(26-43-24-29-14-10-8-11-15-29)23-31(45-27-42-7)35(41)39(28,40)6/h8-17,22,31-34H,18-21,23-27H2,1-7H3/t31?,32-,33+,34-,37-,38+,39+,40-/m1/s1. The number of fused-ring (bicyclic) bond motifs is 5. The predicted octanol–water partition coefficient (Wildman–Crippen LogP) is 8.56. The van der Waals surface area contributed by atoms with Crippen LogP contribution in [0, 0.1) is 38.9 Å². The van der Waals surface area contributed by atoms with Crippen LogP contribution in [0.25, 0.3) is 0 Å². The highest BCUT2D eigenvalue weighted by Gasteiger charge is 2.75. The van der Waals surface area contributed by atoms with Gasteiger partial charge < -0.3 is 18.9 Å². The van der Waals surface area contributed by atoms with Crippen LogP contribution in [0.1, 0.15) is 84.8 Å². The average Bonchev–Trinajstić information content (AvgIpc) is 3.26. The van der Waals surface area contributed by atoms with Crippen LogP contribution in [-0.4, -0.2) is 38.5 Å². The molecule has 1 unspecified atom stereocenters. The first-order valence-electron chi connectivity index (χ1n) is 17.0. The van der Waals surface area contributed by atoms with Gasteiger partial charge in [0.25, 0.3) is 0 Å². The van der Waals surface area contributed by atoms with E-state index in [1.807, 2.05) is 6.07 Å². The van der Waals surface area contributed by atoms with Gasteiger partial charge in [-0.3, -0.25) is 4.79 Å². The molecule has 2 aromatic carbocycles. The lowest BCUT2D eigenvalue weighted by atomic mass is 9.34. The summed E-state index contributed by atoms with van der Waals surface area (Å²) in [6.07, 6.45) is 7.21. The van der Waals surface area contributed by atoms with Crippen molar-refractivity contribution >= 4 is 5.78 Å². The molecule has 0 saturated heterocycles. The third kappa shape index (κ3) is 4.99. The van der Waals surface area contributed by atoms with Crippen molar-refractivity contribution in [2.45, 2.75) is 99.1 Å². The van der Waals surface area contributed by atoms with Crippen LogP contribution in [0.4, 0.5) is 0 Å². The first-order chi connectivity index (χ1) is 21.4. The number of ether oxygens (including phenoxy) is 4. The van der Waals surface area contributed by atoms with Crippen LogP contribution in [0.15, 0.2) is 72.3 Å². The quantitative estimate of drug-likeness (QED) is 0.198. The van der Waals surface area contributed by atoms with E-state index in [1.54, 1.807) is 7.11 Å². The number of hydrogen-bond donors (Lipinski definition) is 0. The van der Waals surface area contributed by atoms with Gasteiger partial charge in [-0.05, 0) is 85.2 Å². The summed E-state index contributed by atoms with van der Waals surface area (Å²) in [6.45, 7) is 16.2. The van der Waals surface area contributed by atoms with Crippen molar-refractivity contribution in [2.24, 2.45) is 38.9 Å². The molecule has 3 fully saturated rings. The SMILES string of the molecule is COCOC1C[C@]2(COCc3ccccc3)[C@](C)(C1=O)C(C)=C[C@H]1[C@]3(C)CC[C@@H](OCc4ccccc4)C(C)(C)[C@H]3CC[C@@]12C. The largest absolute Gasteiger partial charge is 0.376 e. The minimum absolute atomic E-state index is 0.0260. The summed E-state index contributed by atoms with van der Waals surface area (Å²) in [6, 6.07) is 20.9. The zero-order valence-corrected chi connectivity index (χ0v) is 28.6. The highest BCUT2D eigenvalue weighted by atomic mass is 16.7. The number of benzene rings is 2. The van der Waals surface area contributed by atoms with Crippen molar-refractivity contribution in [3.63, 3.8) is 0 Å². The summed E-state index contributed by atoms with van der Waals surface area (Å²) in [7, 11) is 1.62. The highest BCUT2D eigenvalue weighted by molar-refractivity contribution is 5.95. The second-order valence-corrected chi connectivity index (χ2v) is 15.8. The van der Waals surface area contributed by atoms with Gasteiger partial charge in [-0.2, -0.15) is 0 Å². The summed E-state index contributed by atoms with van der Waals surface area (Å²) >= 11 is 0. The molecule has 4 aliphatic carbocycles. The van der Waals surface area contributed by atoms with Gasteiger partial charge in [0.05, 0.1) is 31.3 Å². The second kappa shape index (κ2) is 12.0. The summed E-state index contributed by atoms with van der Waals surface area (Å²) in [5.41, 5.74) is 2.47. The first-order valence-corrected chi connectivity index (χ1v) is 17.0. The molecule has 0 N–H and O–H groups in total. The number of hydrogen-bond acceptors (Lipinski definition) is 5. The second-order valence-electron chi connectivity index (χ2n) is 15.8. The van der Waals surface area contributed by atoms with Crippen molar-refractivity contribution in [3.8, 4) is 0 Å². The number of methoxy groups -OCH3 is 1. The van der Waals surface area contributed by atoms with Crippen LogP contribution in [0.2, 0.25) is 0 Å². The summed E-state index contributed by atoms with van der Waals surface area (Å²) < 4.78 is 24.9. The van der Waals surface area contributed by atoms with Crippen LogP contribution < -0.4 is 0 Å². The molecule has 5 heteroatoms. The molecule has 244 valence electrons. The Kier molecular flexibility index (Phi) is 8.73. The molecule has 0 heterocycles. The first kappa shape index (κ1) is 32.6. The lowest BCUT2D eigenvalue weighted by molar-refractivity contribution is -0.225. The van der Waals surface area contributed by atoms with E-state index < -0.39 is 16.9 Å². The summed E-state index contributed by atoms with van der Waals surface area (Å²) in [5, 5.41) is 0. The molecule has 5 nitrogen and oxygen atoms in total. The fourth-order valence-electron chi connectivity index (χ4n) is 11.0. The third-order valence-electron chi connectivity index (χ3n) is 13.5. The molecular weight excluding hydrogens is 560 g/mol. The molecule has 45 heavy (non-hydrogen) atoms. The Balaban J connectivity index is 1.35. The molecule has 0 radical (unpaired) electrons. The lowest BCUT2D eigenvalue weighted by Crippen LogP contribution is -2.67. The Morgan fingerprint density at radius 3 is 2.11 bits per heavy atom. The Labute approximate surface area is 271 Å². The molecule has 0 aliphatic heterocycles. The average molecular weight is 615 g/mol. The Morgan fingerprint density at radius 1 is 0.822 bits per heavy atom. The minimum atomic E-state index is -0.665. The molecule has 3 saturated carbocycles. The topological polar surface area (TPSA) is 54.0 Å². The van der Waals surface area contributed by atoms with Crippen LogP contribution in [0.5, 0.6) is 0 Å². The van der Waals surface area contributed by atoms with E-state index >= 15 is 0 Å². The Morgan fingerprint density at radius 2 is 1.47 bits per heavy atom. The van der Waals surface area contributed by atoms with E-state index in [0.29, 0.717) is 38.1 Å². The highest BCUT2D eigenvalue weighted by Crippen LogP contribution is 2.76. The molecule has 6 rings (SSSR count). The maximum atomic E-state index is 14.4. The number of carbonyl (C=O) groups is 1. The number of ketones is 1. The smallest absolute Gasteiger partial charge is 0.172 e. The van der Waals surface area contributed by atoms with Crippen molar-refractivity contribution in [3.05, 3.63) is 83.4 Å². The lowest BCUT2D eigenvalue weighted by Gasteiger charge is -2.70. The van der Waals surface area contributed by atoms with Gasteiger partial charge >= 0.3 is 0 Å². The number of carbonyl (C=O) groups excluding carboxylic acids is 1. The third-order valence-corrected chi connectivity index (χ3v) is 13.5. The van der Waals surface area contributed by atoms with E-state index in [0.717, 1.165) is 31.2 Å². The van der Waals surface area contributed by atoms with Crippen LogP contribution in [0.3, 0.4) is 0 Å². The maximum absolute atomic E-state index is 14.4. The molecule has 0 amide bonds. The molecule has 8 atom stereocenters. The van der Waals surface area contributed by atoms with E-state index in [1.165, 1.54) is 11.1 Å². The fraction of sp³-hybridized carbons (Fsp3) is 0.625. The van der Waals surface area contributed by atoms with Gasteiger partial charge in [0.2, 0.25) is 0 Å². The van der Waals surface area contributed by atoms with Crippen molar-refractivity contribution in [2.75, 3.05) is 20.5 Å². The molecule has 0 spiro atoms. The van der Waals surface area contributed by atoms with E-state index in [9.17, 15) is 4.79 Å². The van der Waals surface area contributed by atoms with Gasteiger partial charge in [0, 0.05) is 12.5 Å². The maximum Gasteiger partial charge on any atom is 0.172 e. The zero-order valence-electron chi connectivity index (χ0n) is 28.6. The van der Waals surface area contributed by atoms with Crippen molar-refractivity contribution < 1.29 is 23.7 Å². The van der Waals surface area contributed by atoms with Gasteiger partial charge in [0.1, 0.15) is 12.9 Å². The molecule has 4 aliphatic rings. The van der Waals surface area contributed by atoms with Crippen LogP contribution in [-0.2, 0) is 37.0 Å². The number of rotatable bonds is 10. The fourth-order valence-corrected chi connectivity index (χ4v) is 11.0. The molecular formula is C40H54O5. The van der Waals surface area contributed by atoms with E-state index in [4.69, 9.17) is 18.9 Å². The monoisotopic (exact) mass is 614 g/mol. The zero-order chi connectivity index (χ0) is 32.1. The predicted molar refractivity (Wildman–Crippen MR) is 177 cm³/mol. The Hall–Kier alpha value is -2.31. The summed E-state index contributed by atoms with van der Waals surface area (Å²) in [5.74, 6) is 1.01. The molecule has 0 aromatic heterocycles. The molecule has 0 bridgehead atoms. The number of Topliss-reactive ketones (excluding diaryl/α,β-unsaturated/α-hetero) is 1. The van der Waals surface area contributed by atoms with Gasteiger partial charge in [0.15, 0.2) is 5.78 Å². The minimum Gasteiger partial charge on any atom is -0.376 e. The van der Waals surface area contributed by atoms with E-state index in [2.05, 4.69) is 102 Å². The summed E-state index contributed by atoms with van der Waals surface area (Å²) in [4.78, 5) is 14.4. The Bertz CT molecular complexity index is 1390. The van der Waals surface area contributed by atoms with E-state index in [-0.39, 0.29) is 34.9 Å². The van der Waals surface area contributed by atoms with Crippen molar-refractivity contribution in [1.29, 1.82) is 0 Å². The van der Waals surface area contributed by atoms with Gasteiger partial charge in [-0.1, -0.05) is 100 Å². The van der Waals surface area contributed by atoms with Gasteiger partial charge in [-0.25, -0.2) is 0 Å². The normalized spacial score (nSPS) is 38.6. The van der Waals surface area contributed by atoms with Gasteiger partial charge in [-0.15, -0.1) is 0 Å². The van der Waals surface area contributed by atoms with Crippen molar-refractivity contribution in [1.82, 2.24) is 0 Å². The van der Waals surface area contributed by atoms with Crippen LogP contribution >= 0.6 is 0 Å².